The molecule has 1 aromatic rings. The molecule has 0 saturated heterocycles. The Morgan fingerprint density at radius 2 is 2.11 bits per heavy atom. The summed E-state index contributed by atoms with van der Waals surface area (Å²) < 4.78 is 1.72. The number of nitrogens with zero attached hydrogens (tertiary/aromatic N) is 2. The maximum Gasteiger partial charge on any atom is 0.216 e. The number of aliphatic hydroxyl groups is 2. The van der Waals surface area contributed by atoms with E-state index in [1.54, 1.807) is 10.9 Å². The summed E-state index contributed by atoms with van der Waals surface area (Å²) in [5, 5.41) is 26.3. The zero-order valence-electron chi connectivity index (χ0n) is 11.2. The van der Waals surface area contributed by atoms with Gasteiger partial charge in [0.1, 0.15) is 12.2 Å². The molecular formula is C12H21N3O3. The number of amides is 1. The van der Waals surface area contributed by atoms with Crippen LogP contribution in [0.25, 0.3) is 0 Å². The summed E-state index contributed by atoms with van der Waals surface area (Å²) in [7, 11) is 0. The summed E-state index contributed by atoms with van der Waals surface area (Å²) >= 11 is 0. The number of carbonyl (C=O) groups excluding carboxylic acids is 1. The van der Waals surface area contributed by atoms with E-state index in [2.05, 4.69) is 10.4 Å². The number of hydrogen-bond donors (Lipinski definition) is 3. The van der Waals surface area contributed by atoms with Crippen molar-refractivity contribution in [2.24, 2.45) is 0 Å². The van der Waals surface area contributed by atoms with Crippen LogP contribution >= 0.6 is 0 Å². The first-order valence-electron chi connectivity index (χ1n) is 5.87. The van der Waals surface area contributed by atoms with Crippen molar-refractivity contribution in [3.05, 3.63) is 18.0 Å². The van der Waals surface area contributed by atoms with Gasteiger partial charge in [0.05, 0.1) is 11.7 Å². The predicted molar refractivity (Wildman–Crippen MR) is 66.9 cm³/mol. The van der Waals surface area contributed by atoms with Crippen LogP contribution < -0.4 is 5.32 Å². The lowest BCUT2D eigenvalue weighted by Crippen LogP contribution is -2.34. The van der Waals surface area contributed by atoms with Crippen LogP contribution in [0.5, 0.6) is 0 Å². The molecule has 2 atom stereocenters. The molecule has 1 heterocycles. The molecule has 0 aliphatic carbocycles. The third-order valence-electron chi connectivity index (χ3n) is 2.56. The molecule has 0 fully saturated rings. The number of aliphatic hydroxyl groups excluding tert-OH is 2. The van der Waals surface area contributed by atoms with Crippen LogP contribution in [0.3, 0.4) is 0 Å². The minimum atomic E-state index is -1.06. The smallest absolute Gasteiger partial charge is 0.216 e. The van der Waals surface area contributed by atoms with Crippen molar-refractivity contribution in [2.45, 2.75) is 45.4 Å². The van der Waals surface area contributed by atoms with E-state index in [1.807, 2.05) is 20.8 Å². The first kappa shape index (κ1) is 14.7. The molecule has 18 heavy (non-hydrogen) atoms. The molecule has 2 unspecified atom stereocenters. The molecule has 6 heteroatoms. The summed E-state index contributed by atoms with van der Waals surface area (Å²) in [6, 6.07) is 0. The van der Waals surface area contributed by atoms with Crippen molar-refractivity contribution in [1.29, 1.82) is 0 Å². The largest absolute Gasteiger partial charge is 0.388 e. The fourth-order valence-corrected chi connectivity index (χ4v) is 1.44. The first-order chi connectivity index (χ1) is 8.21. The van der Waals surface area contributed by atoms with Gasteiger partial charge in [-0.25, -0.2) is 0 Å². The molecule has 0 bridgehead atoms. The first-order valence-corrected chi connectivity index (χ1v) is 5.87. The average molecular weight is 255 g/mol. The third-order valence-corrected chi connectivity index (χ3v) is 2.56. The molecule has 0 aromatic carbocycles. The highest BCUT2D eigenvalue weighted by Crippen LogP contribution is 2.19. The molecule has 0 radical (unpaired) electrons. The fraction of sp³-hybridized carbons (Fsp3) is 0.667. The van der Waals surface area contributed by atoms with E-state index in [4.69, 9.17) is 0 Å². The molecule has 0 saturated carbocycles. The molecule has 1 amide bonds. The lowest BCUT2D eigenvalue weighted by molar-refractivity contribution is -0.119. The fourth-order valence-electron chi connectivity index (χ4n) is 1.44. The van der Waals surface area contributed by atoms with Gasteiger partial charge in [-0.2, -0.15) is 5.10 Å². The van der Waals surface area contributed by atoms with Crippen LogP contribution in [0.4, 0.5) is 0 Å². The molecule has 6 nitrogen and oxygen atoms in total. The van der Waals surface area contributed by atoms with Gasteiger partial charge in [0, 0.05) is 25.2 Å². The summed E-state index contributed by atoms with van der Waals surface area (Å²) in [5.41, 5.74) is 0.350. The maximum absolute atomic E-state index is 10.7. The van der Waals surface area contributed by atoms with Crippen molar-refractivity contribution in [3.63, 3.8) is 0 Å². The highest BCUT2D eigenvalue weighted by Gasteiger charge is 2.22. The van der Waals surface area contributed by atoms with E-state index in [0.717, 1.165) is 0 Å². The Hall–Kier alpha value is -1.40. The van der Waals surface area contributed by atoms with Crippen molar-refractivity contribution in [3.8, 4) is 0 Å². The van der Waals surface area contributed by atoms with Gasteiger partial charge < -0.3 is 15.5 Å². The number of nitrogens with one attached hydrogen (secondary N) is 1. The highest BCUT2D eigenvalue weighted by molar-refractivity contribution is 5.72. The zero-order chi connectivity index (χ0) is 13.9. The van der Waals surface area contributed by atoms with Gasteiger partial charge in [0.2, 0.25) is 5.91 Å². The molecule has 0 aliphatic rings. The van der Waals surface area contributed by atoms with Crippen molar-refractivity contribution < 1.29 is 15.0 Å². The van der Waals surface area contributed by atoms with Gasteiger partial charge in [-0.3, -0.25) is 9.48 Å². The molecule has 0 aliphatic heterocycles. The summed E-state index contributed by atoms with van der Waals surface area (Å²) in [6.07, 6.45) is 1.11. The molecule has 0 spiro atoms. The molecule has 1 rings (SSSR count). The normalized spacial score (nSPS) is 15.2. The van der Waals surface area contributed by atoms with Gasteiger partial charge in [-0.05, 0) is 20.8 Å². The van der Waals surface area contributed by atoms with Crippen LogP contribution in [-0.2, 0) is 10.3 Å². The second-order valence-electron chi connectivity index (χ2n) is 5.34. The third kappa shape index (κ3) is 3.82. The van der Waals surface area contributed by atoms with E-state index in [0.29, 0.717) is 5.56 Å². The van der Waals surface area contributed by atoms with E-state index in [1.165, 1.54) is 13.1 Å². The SMILES string of the molecule is CC(=O)NCC(O)C(O)c1cnn(C(C)(C)C)c1. The Morgan fingerprint density at radius 1 is 1.50 bits per heavy atom. The molecular weight excluding hydrogens is 234 g/mol. The Morgan fingerprint density at radius 3 is 2.56 bits per heavy atom. The quantitative estimate of drug-likeness (QED) is 0.715. The molecule has 102 valence electrons. The van der Waals surface area contributed by atoms with Crippen molar-refractivity contribution >= 4 is 5.91 Å². The zero-order valence-corrected chi connectivity index (χ0v) is 11.2. The summed E-state index contributed by atoms with van der Waals surface area (Å²) in [5.74, 6) is -0.244. The Labute approximate surface area is 107 Å². The van der Waals surface area contributed by atoms with Crippen LogP contribution in [0.15, 0.2) is 12.4 Å². The predicted octanol–water partition coefficient (Wildman–Crippen LogP) is 0.168. The van der Waals surface area contributed by atoms with E-state index >= 15 is 0 Å². The van der Waals surface area contributed by atoms with Crippen LogP contribution in [0.2, 0.25) is 0 Å². The lowest BCUT2D eigenvalue weighted by atomic mass is 10.1. The second-order valence-corrected chi connectivity index (χ2v) is 5.34. The number of carbonyl (C=O) groups is 1. The minimum absolute atomic E-state index is 0.0111. The average Bonchev–Trinajstić information content (AvgIpc) is 2.73. The van der Waals surface area contributed by atoms with Crippen molar-refractivity contribution in [2.75, 3.05) is 6.54 Å². The second kappa shape index (κ2) is 5.49. The number of aromatic nitrogens is 2. The van der Waals surface area contributed by atoms with Gasteiger partial charge in [-0.15, -0.1) is 0 Å². The minimum Gasteiger partial charge on any atom is -0.388 e. The van der Waals surface area contributed by atoms with E-state index in [-0.39, 0.29) is 18.0 Å². The molecule has 3 N–H and O–H groups in total. The van der Waals surface area contributed by atoms with Crippen LogP contribution in [-0.4, -0.2) is 38.5 Å². The Kier molecular flexibility index (Phi) is 4.48. The Bertz CT molecular complexity index is 409. The van der Waals surface area contributed by atoms with Crippen molar-refractivity contribution in [1.82, 2.24) is 15.1 Å². The highest BCUT2D eigenvalue weighted by atomic mass is 16.3. The number of rotatable bonds is 4. The van der Waals surface area contributed by atoms with Gasteiger partial charge in [0.15, 0.2) is 0 Å². The van der Waals surface area contributed by atoms with Gasteiger partial charge in [0.25, 0.3) is 0 Å². The number of hydrogen-bond acceptors (Lipinski definition) is 4. The summed E-state index contributed by atoms with van der Waals surface area (Å²) in [4.78, 5) is 10.7. The van der Waals surface area contributed by atoms with Gasteiger partial charge in [-0.1, -0.05) is 0 Å². The lowest BCUT2D eigenvalue weighted by Gasteiger charge is -2.19. The Balaban J connectivity index is 2.69. The standard InChI is InChI=1S/C12H21N3O3/c1-8(16)13-6-10(17)11(18)9-5-14-15(7-9)12(2,3)4/h5,7,10-11,17-18H,6H2,1-4H3,(H,13,16). The van der Waals surface area contributed by atoms with E-state index < -0.39 is 12.2 Å². The summed E-state index contributed by atoms with van der Waals surface area (Å²) in [6.45, 7) is 7.34. The maximum atomic E-state index is 10.7. The molecule has 1 aromatic heterocycles. The van der Waals surface area contributed by atoms with Gasteiger partial charge >= 0.3 is 0 Å². The van der Waals surface area contributed by atoms with E-state index in [9.17, 15) is 15.0 Å². The monoisotopic (exact) mass is 255 g/mol. The van der Waals surface area contributed by atoms with Crippen LogP contribution in [0, 0.1) is 0 Å². The van der Waals surface area contributed by atoms with Crippen LogP contribution in [0.1, 0.15) is 39.4 Å². The topological polar surface area (TPSA) is 87.4 Å².